The molecule has 0 amide bonds. The fraction of sp³-hybridized carbons (Fsp3) is 0.188. The number of rotatable bonds is 3. The van der Waals surface area contributed by atoms with Crippen molar-refractivity contribution in [2.24, 2.45) is 0 Å². The van der Waals surface area contributed by atoms with E-state index in [-0.39, 0.29) is 5.56 Å². The number of ether oxygens (including phenoxy) is 2. The van der Waals surface area contributed by atoms with Crippen molar-refractivity contribution < 1.29 is 14.3 Å². The van der Waals surface area contributed by atoms with Crippen molar-refractivity contribution in [1.82, 2.24) is 4.73 Å². The lowest BCUT2D eigenvalue weighted by Gasteiger charge is -2.14. The number of methoxy groups -OCH3 is 2. The van der Waals surface area contributed by atoms with Gasteiger partial charge in [0.05, 0.1) is 25.1 Å². The molecule has 0 N–H and O–H groups in total. The minimum Gasteiger partial charge on any atom is -0.493 e. The second-order valence-electron chi connectivity index (χ2n) is 4.55. The van der Waals surface area contributed by atoms with Crippen molar-refractivity contribution in [3.05, 3.63) is 46.8 Å². The summed E-state index contributed by atoms with van der Waals surface area (Å²) in [6.07, 6.45) is 0. The van der Waals surface area contributed by atoms with Gasteiger partial charge in [-0.3, -0.25) is 4.79 Å². The number of aromatic nitrogens is 1. The summed E-state index contributed by atoms with van der Waals surface area (Å²) in [7, 11) is 4.60. The summed E-state index contributed by atoms with van der Waals surface area (Å²) >= 11 is 0. The van der Waals surface area contributed by atoms with E-state index in [1.54, 1.807) is 26.4 Å². The van der Waals surface area contributed by atoms with E-state index in [9.17, 15) is 4.79 Å². The minimum absolute atomic E-state index is 0.201. The number of fused-ring (bicyclic) bond motifs is 3. The van der Waals surface area contributed by atoms with Crippen LogP contribution in [-0.2, 0) is 0 Å². The second-order valence-corrected chi connectivity index (χ2v) is 4.55. The van der Waals surface area contributed by atoms with Gasteiger partial charge in [0, 0.05) is 11.5 Å². The topological polar surface area (TPSA) is 49.7 Å². The first-order valence-electron chi connectivity index (χ1n) is 6.45. The number of nitrogens with zero attached hydrogens (tertiary/aromatic N) is 1. The van der Waals surface area contributed by atoms with E-state index in [2.05, 4.69) is 0 Å². The summed E-state index contributed by atoms with van der Waals surface area (Å²) in [4.78, 5) is 17.7. The average Bonchev–Trinajstić information content (AvgIpc) is 2.54. The lowest BCUT2D eigenvalue weighted by atomic mass is 10.1. The molecule has 0 fully saturated rings. The molecule has 0 spiro atoms. The van der Waals surface area contributed by atoms with Crippen LogP contribution < -0.4 is 19.9 Å². The normalized spacial score (nSPS) is 10.8. The van der Waals surface area contributed by atoms with Crippen LogP contribution >= 0.6 is 0 Å². The van der Waals surface area contributed by atoms with Crippen LogP contribution in [0, 0.1) is 0 Å². The maximum Gasteiger partial charge on any atom is 0.291 e. The van der Waals surface area contributed by atoms with Gasteiger partial charge in [-0.25, -0.2) is 0 Å². The highest BCUT2D eigenvalue weighted by Gasteiger charge is 2.14. The Bertz CT molecular complexity index is 883. The Balaban J connectivity index is 2.58. The molecular weight excluding hydrogens is 270 g/mol. The Kier molecular flexibility index (Phi) is 3.17. The first-order chi connectivity index (χ1) is 10.2. The van der Waals surface area contributed by atoms with Crippen molar-refractivity contribution in [3.63, 3.8) is 0 Å². The molecule has 21 heavy (non-hydrogen) atoms. The summed E-state index contributed by atoms with van der Waals surface area (Å²) in [5.74, 6) is 1.15. The van der Waals surface area contributed by atoms with Crippen LogP contribution in [0.15, 0.2) is 41.2 Å². The third kappa shape index (κ3) is 1.89. The van der Waals surface area contributed by atoms with Crippen LogP contribution in [-0.4, -0.2) is 26.1 Å². The zero-order chi connectivity index (χ0) is 15.0. The molecule has 0 aliphatic heterocycles. The van der Waals surface area contributed by atoms with E-state index in [4.69, 9.17) is 14.3 Å². The maximum atomic E-state index is 12.5. The van der Waals surface area contributed by atoms with E-state index in [0.29, 0.717) is 22.4 Å². The standard InChI is InChI=1S/C16H15NO4/c1-19-14-8-12-10-6-4-5-7-11(10)16(18)17(21-3)13(12)9-15(14)20-2/h4-9H,1-3H3. The van der Waals surface area contributed by atoms with Crippen LogP contribution in [0.2, 0.25) is 0 Å². The molecule has 1 heterocycles. The summed E-state index contributed by atoms with van der Waals surface area (Å²) in [6.45, 7) is 0. The molecule has 108 valence electrons. The molecule has 0 radical (unpaired) electrons. The van der Waals surface area contributed by atoms with E-state index < -0.39 is 0 Å². The zero-order valence-electron chi connectivity index (χ0n) is 12.0. The molecule has 3 aromatic rings. The third-order valence-corrected chi connectivity index (χ3v) is 3.54. The average molecular weight is 285 g/mol. The highest BCUT2D eigenvalue weighted by atomic mass is 16.6. The summed E-state index contributed by atoms with van der Waals surface area (Å²) in [5.41, 5.74) is 0.437. The molecule has 3 rings (SSSR count). The SMILES string of the molecule is COc1cc2c3ccccc3c(=O)n(OC)c2cc1OC. The molecular formula is C16H15NO4. The Morgan fingerprint density at radius 2 is 1.48 bits per heavy atom. The Labute approximate surface area is 121 Å². The van der Waals surface area contributed by atoms with Crippen molar-refractivity contribution in [1.29, 1.82) is 0 Å². The van der Waals surface area contributed by atoms with Gasteiger partial charge in [-0.2, -0.15) is 0 Å². The van der Waals surface area contributed by atoms with Gasteiger partial charge in [0.1, 0.15) is 7.11 Å². The summed E-state index contributed by atoms with van der Waals surface area (Å²) < 4.78 is 11.9. The van der Waals surface area contributed by atoms with Gasteiger partial charge < -0.3 is 14.3 Å². The molecule has 2 aromatic carbocycles. The first-order valence-corrected chi connectivity index (χ1v) is 6.45. The third-order valence-electron chi connectivity index (χ3n) is 3.54. The first kappa shape index (κ1) is 13.3. The van der Waals surface area contributed by atoms with Crippen LogP contribution in [0.5, 0.6) is 11.5 Å². The van der Waals surface area contributed by atoms with Crippen LogP contribution in [0.4, 0.5) is 0 Å². The quantitative estimate of drug-likeness (QED) is 0.692. The van der Waals surface area contributed by atoms with E-state index in [1.807, 2.05) is 24.3 Å². The Morgan fingerprint density at radius 1 is 0.857 bits per heavy atom. The minimum atomic E-state index is -0.201. The molecule has 0 atom stereocenters. The van der Waals surface area contributed by atoms with Crippen LogP contribution in [0.25, 0.3) is 21.7 Å². The molecule has 0 unspecified atom stereocenters. The zero-order valence-corrected chi connectivity index (χ0v) is 12.0. The summed E-state index contributed by atoms with van der Waals surface area (Å²) in [6, 6.07) is 11.0. The molecule has 0 saturated carbocycles. The number of hydrogen-bond donors (Lipinski definition) is 0. The van der Waals surface area contributed by atoms with Gasteiger partial charge in [-0.15, -0.1) is 4.73 Å². The van der Waals surface area contributed by atoms with Gasteiger partial charge >= 0.3 is 0 Å². The van der Waals surface area contributed by atoms with Crippen molar-refractivity contribution >= 4 is 21.7 Å². The highest BCUT2D eigenvalue weighted by molar-refractivity contribution is 6.06. The molecule has 5 heteroatoms. The van der Waals surface area contributed by atoms with E-state index in [1.165, 1.54) is 11.8 Å². The van der Waals surface area contributed by atoms with E-state index in [0.717, 1.165) is 10.8 Å². The van der Waals surface area contributed by atoms with Crippen molar-refractivity contribution in [2.75, 3.05) is 21.3 Å². The van der Waals surface area contributed by atoms with Crippen molar-refractivity contribution in [2.45, 2.75) is 0 Å². The molecule has 0 aliphatic carbocycles. The molecule has 1 aromatic heterocycles. The van der Waals surface area contributed by atoms with Gasteiger partial charge in [0.15, 0.2) is 11.5 Å². The van der Waals surface area contributed by atoms with Crippen LogP contribution in [0.3, 0.4) is 0 Å². The lowest BCUT2D eigenvalue weighted by molar-refractivity contribution is 0.170. The van der Waals surface area contributed by atoms with Gasteiger partial charge in [0.2, 0.25) is 0 Å². The number of pyridine rings is 1. The maximum absolute atomic E-state index is 12.5. The van der Waals surface area contributed by atoms with Gasteiger partial charge in [-0.05, 0) is 17.5 Å². The fourth-order valence-electron chi connectivity index (χ4n) is 2.56. The molecule has 0 saturated heterocycles. The largest absolute Gasteiger partial charge is 0.493 e. The number of hydrogen-bond acceptors (Lipinski definition) is 4. The monoisotopic (exact) mass is 285 g/mol. The van der Waals surface area contributed by atoms with Crippen LogP contribution in [0.1, 0.15) is 0 Å². The second kappa shape index (κ2) is 5.01. The number of benzene rings is 2. The molecule has 0 aliphatic rings. The highest BCUT2D eigenvalue weighted by Crippen LogP contribution is 2.34. The fourth-order valence-corrected chi connectivity index (χ4v) is 2.56. The van der Waals surface area contributed by atoms with Gasteiger partial charge in [0.25, 0.3) is 5.56 Å². The smallest absolute Gasteiger partial charge is 0.291 e. The summed E-state index contributed by atoms with van der Waals surface area (Å²) in [5, 5.41) is 2.32. The lowest BCUT2D eigenvalue weighted by Crippen LogP contribution is -2.25. The predicted molar refractivity (Wildman–Crippen MR) is 81.3 cm³/mol. The van der Waals surface area contributed by atoms with E-state index >= 15 is 0 Å². The van der Waals surface area contributed by atoms with Crippen molar-refractivity contribution in [3.8, 4) is 11.5 Å². The van der Waals surface area contributed by atoms with Gasteiger partial charge in [-0.1, -0.05) is 18.2 Å². The molecule has 0 bridgehead atoms. The predicted octanol–water partition coefficient (Wildman–Crippen LogP) is 2.23. The Morgan fingerprint density at radius 3 is 2.10 bits per heavy atom. The molecule has 5 nitrogen and oxygen atoms in total. The Hall–Kier alpha value is -2.69.